The lowest BCUT2D eigenvalue weighted by Gasteiger charge is -2.17. The highest BCUT2D eigenvalue weighted by atomic mass is 35.5. The van der Waals surface area contributed by atoms with E-state index in [1.54, 1.807) is 24.3 Å². The van der Waals surface area contributed by atoms with Crippen molar-refractivity contribution in [1.82, 2.24) is 0 Å². The Balaban J connectivity index is 1.83. The standard InChI is InChI=1S/C23H17ClN2O6/c24-19-3-1-2-17(12-19)18(13-22(27)15-4-8-20(9-5-15)25(29)30)14-23(28)16-6-10-21(11-7-16)26(31)32/h1-12,18H,13-14H2. The molecule has 0 saturated heterocycles. The van der Waals surface area contributed by atoms with E-state index in [1.165, 1.54) is 48.5 Å². The molecule has 0 aliphatic heterocycles. The molecular formula is C23H17ClN2O6. The van der Waals surface area contributed by atoms with Gasteiger partial charge in [-0.1, -0.05) is 23.7 Å². The lowest BCUT2D eigenvalue weighted by atomic mass is 9.86. The molecular weight excluding hydrogens is 436 g/mol. The molecule has 0 aromatic heterocycles. The monoisotopic (exact) mass is 452 g/mol. The Kier molecular flexibility index (Phi) is 7.07. The number of hydrogen-bond donors (Lipinski definition) is 0. The number of carbonyl (C=O) groups is 2. The summed E-state index contributed by atoms with van der Waals surface area (Å²) in [4.78, 5) is 46.2. The number of Topliss-reactive ketones (excluding diaryl/α,β-unsaturated/α-hetero) is 2. The van der Waals surface area contributed by atoms with E-state index in [0.29, 0.717) is 21.7 Å². The fourth-order valence-electron chi connectivity index (χ4n) is 3.29. The topological polar surface area (TPSA) is 120 Å². The molecule has 3 aromatic rings. The molecule has 0 spiro atoms. The van der Waals surface area contributed by atoms with Gasteiger partial charge in [-0.3, -0.25) is 29.8 Å². The minimum absolute atomic E-state index is 0.0170. The van der Waals surface area contributed by atoms with Crippen molar-refractivity contribution in [2.24, 2.45) is 0 Å². The molecule has 0 fully saturated rings. The van der Waals surface area contributed by atoms with Crippen LogP contribution in [-0.4, -0.2) is 21.4 Å². The maximum Gasteiger partial charge on any atom is 0.269 e. The number of halogens is 1. The summed E-state index contributed by atoms with van der Waals surface area (Å²) >= 11 is 6.09. The SMILES string of the molecule is O=C(CC(CC(=O)c1ccc([N+](=O)[O-])cc1)c1cccc(Cl)c1)c1ccc([N+](=O)[O-])cc1. The fourth-order valence-corrected chi connectivity index (χ4v) is 3.49. The van der Waals surface area contributed by atoms with Gasteiger partial charge in [-0.25, -0.2) is 0 Å². The molecule has 0 unspecified atom stereocenters. The summed E-state index contributed by atoms with van der Waals surface area (Å²) in [6.07, 6.45) is -0.0340. The zero-order valence-electron chi connectivity index (χ0n) is 16.6. The molecule has 0 N–H and O–H groups in total. The number of rotatable bonds is 9. The molecule has 0 bridgehead atoms. The number of nitrogens with zero attached hydrogens (tertiary/aromatic N) is 2. The van der Waals surface area contributed by atoms with Gasteiger partial charge in [0.15, 0.2) is 11.6 Å². The van der Waals surface area contributed by atoms with Gasteiger partial charge in [0.2, 0.25) is 0 Å². The first-order valence-electron chi connectivity index (χ1n) is 9.55. The van der Waals surface area contributed by atoms with Crippen LogP contribution in [0.15, 0.2) is 72.8 Å². The highest BCUT2D eigenvalue weighted by molar-refractivity contribution is 6.30. The Morgan fingerprint density at radius 3 is 1.56 bits per heavy atom. The molecule has 9 heteroatoms. The molecule has 8 nitrogen and oxygen atoms in total. The van der Waals surface area contributed by atoms with Crippen LogP contribution in [0.3, 0.4) is 0 Å². The van der Waals surface area contributed by atoms with E-state index in [2.05, 4.69) is 0 Å². The highest BCUT2D eigenvalue weighted by Gasteiger charge is 2.22. The Labute approximate surface area is 187 Å². The Hall–Kier alpha value is -3.91. The maximum atomic E-state index is 12.8. The number of benzene rings is 3. The highest BCUT2D eigenvalue weighted by Crippen LogP contribution is 2.29. The van der Waals surface area contributed by atoms with Crippen LogP contribution in [0.2, 0.25) is 5.02 Å². The number of carbonyl (C=O) groups excluding carboxylic acids is 2. The Morgan fingerprint density at radius 2 is 1.19 bits per heavy atom. The average Bonchev–Trinajstić information content (AvgIpc) is 2.78. The first-order chi connectivity index (χ1) is 15.2. The number of ketones is 2. The third-order valence-corrected chi connectivity index (χ3v) is 5.22. The number of nitro benzene ring substituents is 2. The van der Waals surface area contributed by atoms with Gasteiger partial charge in [0, 0.05) is 53.3 Å². The maximum absolute atomic E-state index is 12.8. The van der Waals surface area contributed by atoms with Crippen LogP contribution in [0.4, 0.5) is 11.4 Å². The van der Waals surface area contributed by atoms with Crippen LogP contribution in [0.1, 0.15) is 45.0 Å². The summed E-state index contributed by atoms with van der Waals surface area (Å²) in [5, 5.41) is 22.1. The van der Waals surface area contributed by atoms with Gasteiger partial charge in [-0.2, -0.15) is 0 Å². The molecule has 0 saturated carbocycles. The summed E-state index contributed by atoms with van der Waals surface area (Å²) in [5.41, 5.74) is 1.04. The van der Waals surface area contributed by atoms with Crippen LogP contribution >= 0.6 is 11.6 Å². The molecule has 0 radical (unpaired) electrons. The van der Waals surface area contributed by atoms with Crippen molar-refractivity contribution in [3.05, 3.63) is 115 Å². The van der Waals surface area contributed by atoms with Gasteiger partial charge in [0.05, 0.1) is 9.85 Å². The molecule has 0 heterocycles. The van der Waals surface area contributed by atoms with Gasteiger partial charge in [-0.05, 0) is 47.9 Å². The van der Waals surface area contributed by atoms with Crippen LogP contribution in [0, 0.1) is 20.2 Å². The van der Waals surface area contributed by atoms with Crippen molar-refractivity contribution >= 4 is 34.5 Å². The lowest BCUT2D eigenvalue weighted by molar-refractivity contribution is -0.385. The van der Waals surface area contributed by atoms with Crippen LogP contribution in [-0.2, 0) is 0 Å². The Morgan fingerprint density at radius 1 is 0.750 bits per heavy atom. The van der Waals surface area contributed by atoms with E-state index in [0.717, 1.165) is 0 Å². The molecule has 3 aromatic carbocycles. The second kappa shape index (κ2) is 9.93. The van der Waals surface area contributed by atoms with Crippen LogP contribution in [0.25, 0.3) is 0 Å². The Bertz CT molecular complexity index is 1100. The predicted octanol–water partition coefficient (Wildman–Crippen LogP) is 5.79. The summed E-state index contributed by atoms with van der Waals surface area (Å²) in [6.45, 7) is 0. The van der Waals surface area contributed by atoms with Gasteiger partial charge < -0.3 is 0 Å². The molecule has 0 aliphatic rings. The van der Waals surface area contributed by atoms with Crippen molar-refractivity contribution in [3.63, 3.8) is 0 Å². The molecule has 0 atom stereocenters. The van der Waals surface area contributed by atoms with Gasteiger partial charge in [0.25, 0.3) is 11.4 Å². The van der Waals surface area contributed by atoms with Crippen molar-refractivity contribution < 1.29 is 19.4 Å². The third kappa shape index (κ3) is 5.61. The second-order valence-electron chi connectivity index (χ2n) is 7.11. The molecule has 3 rings (SSSR count). The minimum atomic E-state index is -0.550. The molecule has 0 amide bonds. The normalized spacial score (nSPS) is 10.7. The molecule has 0 aliphatic carbocycles. The minimum Gasteiger partial charge on any atom is -0.294 e. The van der Waals surface area contributed by atoms with E-state index in [1.807, 2.05) is 0 Å². The predicted molar refractivity (Wildman–Crippen MR) is 118 cm³/mol. The molecule has 162 valence electrons. The van der Waals surface area contributed by atoms with Crippen molar-refractivity contribution in [1.29, 1.82) is 0 Å². The van der Waals surface area contributed by atoms with Crippen molar-refractivity contribution in [3.8, 4) is 0 Å². The summed E-state index contributed by atoms with van der Waals surface area (Å²) < 4.78 is 0. The fraction of sp³-hybridized carbons (Fsp3) is 0.130. The largest absolute Gasteiger partial charge is 0.294 e. The van der Waals surface area contributed by atoms with E-state index < -0.39 is 15.8 Å². The first-order valence-corrected chi connectivity index (χ1v) is 9.93. The van der Waals surface area contributed by atoms with Crippen LogP contribution in [0.5, 0.6) is 0 Å². The zero-order valence-corrected chi connectivity index (χ0v) is 17.4. The van der Waals surface area contributed by atoms with E-state index in [4.69, 9.17) is 11.6 Å². The second-order valence-corrected chi connectivity index (χ2v) is 7.55. The lowest BCUT2D eigenvalue weighted by Crippen LogP contribution is -2.13. The van der Waals surface area contributed by atoms with E-state index in [9.17, 15) is 29.8 Å². The van der Waals surface area contributed by atoms with Crippen molar-refractivity contribution in [2.75, 3.05) is 0 Å². The summed E-state index contributed by atoms with van der Waals surface area (Å²) in [7, 11) is 0. The summed E-state index contributed by atoms with van der Waals surface area (Å²) in [6, 6.07) is 17.4. The van der Waals surface area contributed by atoms with Gasteiger partial charge >= 0.3 is 0 Å². The number of hydrogen-bond acceptors (Lipinski definition) is 6. The van der Waals surface area contributed by atoms with Crippen LogP contribution < -0.4 is 0 Å². The van der Waals surface area contributed by atoms with E-state index >= 15 is 0 Å². The first kappa shape index (κ1) is 22.8. The third-order valence-electron chi connectivity index (χ3n) is 4.98. The quantitative estimate of drug-likeness (QED) is 0.230. The summed E-state index contributed by atoms with van der Waals surface area (Å²) in [5.74, 6) is -1.05. The average molecular weight is 453 g/mol. The smallest absolute Gasteiger partial charge is 0.269 e. The number of non-ortho nitro benzene ring substituents is 2. The van der Waals surface area contributed by atoms with Gasteiger partial charge in [-0.15, -0.1) is 0 Å². The zero-order chi connectivity index (χ0) is 23.3. The van der Waals surface area contributed by atoms with E-state index in [-0.39, 0.29) is 35.8 Å². The van der Waals surface area contributed by atoms with Gasteiger partial charge in [0.1, 0.15) is 0 Å². The number of nitro groups is 2. The van der Waals surface area contributed by atoms with Crippen molar-refractivity contribution in [2.45, 2.75) is 18.8 Å². The molecule has 32 heavy (non-hydrogen) atoms.